The molecule has 4 heteroatoms. The molecule has 0 amide bonds. The molecule has 176 valence electrons. The van der Waals surface area contributed by atoms with Crippen LogP contribution in [0.25, 0.3) is 0 Å². The van der Waals surface area contributed by atoms with Gasteiger partial charge < -0.3 is 10.4 Å². The molecule has 0 bridgehead atoms. The third kappa shape index (κ3) is 4.20. The molecule has 0 aliphatic heterocycles. The van der Waals surface area contributed by atoms with Crippen molar-refractivity contribution in [1.82, 2.24) is 5.32 Å². The molecule has 1 aromatic carbocycles. The van der Waals surface area contributed by atoms with Gasteiger partial charge >= 0.3 is 0 Å². The molecule has 1 saturated carbocycles. The van der Waals surface area contributed by atoms with E-state index in [9.17, 15) is 14.7 Å². The number of hydrogen-bond donors (Lipinski definition) is 2. The van der Waals surface area contributed by atoms with Gasteiger partial charge in [-0.15, -0.1) is 0 Å². The molecule has 0 radical (unpaired) electrons. The maximum Gasteiger partial charge on any atom is 0.232 e. The number of allylic oxidation sites excluding steroid dienone is 4. The van der Waals surface area contributed by atoms with E-state index in [4.69, 9.17) is 0 Å². The van der Waals surface area contributed by atoms with Crippen molar-refractivity contribution in [3.05, 3.63) is 70.6 Å². The van der Waals surface area contributed by atoms with Crippen molar-refractivity contribution in [3.8, 4) is 0 Å². The number of hydrogen-bond acceptors (Lipinski definition) is 4. The first-order chi connectivity index (χ1) is 15.7. The fourth-order valence-electron chi connectivity index (χ4n) is 6.56. The van der Waals surface area contributed by atoms with E-state index in [-0.39, 0.29) is 22.2 Å². The van der Waals surface area contributed by atoms with Crippen LogP contribution in [-0.2, 0) is 16.0 Å². The van der Waals surface area contributed by atoms with E-state index in [2.05, 4.69) is 51.2 Å². The molecule has 3 aliphatic rings. The van der Waals surface area contributed by atoms with Crippen LogP contribution in [0.1, 0.15) is 65.4 Å². The highest BCUT2D eigenvalue weighted by molar-refractivity contribution is 6.48. The third-order valence-corrected chi connectivity index (χ3v) is 9.04. The van der Waals surface area contributed by atoms with E-state index in [0.717, 1.165) is 32.1 Å². The zero-order valence-electron chi connectivity index (χ0n) is 20.4. The van der Waals surface area contributed by atoms with Gasteiger partial charge in [0.05, 0.1) is 5.70 Å². The van der Waals surface area contributed by atoms with Gasteiger partial charge in [-0.05, 0) is 73.7 Å². The second-order valence-corrected chi connectivity index (χ2v) is 10.8. The summed E-state index contributed by atoms with van der Waals surface area (Å²) in [5.74, 6) is -0.312. The lowest BCUT2D eigenvalue weighted by molar-refractivity contribution is -0.132. The summed E-state index contributed by atoms with van der Waals surface area (Å²) in [5.41, 5.74) is 3.24. The van der Waals surface area contributed by atoms with Crippen LogP contribution < -0.4 is 5.32 Å². The van der Waals surface area contributed by atoms with Crippen LogP contribution >= 0.6 is 0 Å². The molecule has 4 rings (SSSR count). The van der Waals surface area contributed by atoms with Gasteiger partial charge in [0, 0.05) is 18.2 Å². The van der Waals surface area contributed by atoms with Crippen LogP contribution in [0, 0.1) is 22.7 Å². The van der Waals surface area contributed by atoms with Crippen molar-refractivity contribution < 1.29 is 14.7 Å². The molecule has 1 fully saturated rings. The zero-order chi connectivity index (χ0) is 23.8. The number of carbonyl (C=O) groups excluding carboxylic acids is 2. The van der Waals surface area contributed by atoms with E-state index in [1.807, 2.05) is 18.2 Å². The monoisotopic (exact) mass is 447 g/mol. The van der Waals surface area contributed by atoms with Crippen LogP contribution in [0.2, 0.25) is 0 Å². The summed E-state index contributed by atoms with van der Waals surface area (Å²) in [6.07, 6.45) is 9.22. The Labute approximate surface area is 197 Å². The maximum absolute atomic E-state index is 13.0. The average molecular weight is 448 g/mol. The molecule has 4 nitrogen and oxygen atoms in total. The Morgan fingerprint density at radius 3 is 2.58 bits per heavy atom. The van der Waals surface area contributed by atoms with E-state index in [1.54, 1.807) is 0 Å². The van der Waals surface area contributed by atoms with E-state index >= 15 is 0 Å². The van der Waals surface area contributed by atoms with Crippen LogP contribution in [-0.4, -0.2) is 23.2 Å². The van der Waals surface area contributed by atoms with Crippen molar-refractivity contribution in [2.45, 2.75) is 66.2 Å². The number of aliphatic hydroxyl groups excluding tert-OH is 1. The van der Waals surface area contributed by atoms with E-state index in [0.29, 0.717) is 30.5 Å². The summed E-state index contributed by atoms with van der Waals surface area (Å²) in [5, 5.41) is 14.3. The minimum Gasteiger partial charge on any atom is -0.505 e. The highest BCUT2D eigenvalue weighted by Crippen LogP contribution is 2.62. The number of ketones is 2. The number of benzene rings is 1. The minimum absolute atomic E-state index is 0.0450. The van der Waals surface area contributed by atoms with E-state index < -0.39 is 11.6 Å². The molecule has 4 unspecified atom stereocenters. The number of aliphatic hydroxyl groups is 1. The quantitative estimate of drug-likeness (QED) is 0.326. The summed E-state index contributed by atoms with van der Waals surface area (Å²) < 4.78 is 0. The Bertz CT molecular complexity index is 1030. The molecule has 0 saturated heterocycles. The third-order valence-electron chi connectivity index (χ3n) is 9.04. The van der Waals surface area contributed by atoms with Crippen molar-refractivity contribution in [1.29, 1.82) is 0 Å². The number of fused-ring (bicyclic) bond motifs is 1. The summed E-state index contributed by atoms with van der Waals surface area (Å²) in [6, 6.07) is 10.1. The topological polar surface area (TPSA) is 66.4 Å². The molecule has 33 heavy (non-hydrogen) atoms. The molecular formula is C29H37NO3. The van der Waals surface area contributed by atoms with Crippen molar-refractivity contribution in [2.24, 2.45) is 22.7 Å². The Morgan fingerprint density at radius 1 is 1.12 bits per heavy atom. The maximum atomic E-state index is 13.0. The first kappa shape index (κ1) is 23.5. The molecule has 4 atom stereocenters. The zero-order valence-corrected chi connectivity index (χ0v) is 20.4. The minimum atomic E-state index is -0.551. The number of nitrogens with one attached hydrogen (secondary N) is 1. The standard InChI is InChI=1S/C29H37NO3/c1-19-9-8-12-25-28(19,3)15-13-20(2)29(25,4)18-22-26(32)23(17-24(31)27(22)33)30-16-14-21-10-6-5-7-11-21/h5-7,9-11,17,20,25,30,32H,8,12-16,18H2,1-4H3. The van der Waals surface area contributed by atoms with Gasteiger partial charge in [-0.25, -0.2) is 0 Å². The lowest BCUT2D eigenvalue weighted by atomic mass is 9.46. The molecule has 3 aliphatic carbocycles. The normalized spacial score (nSPS) is 32.2. The predicted molar refractivity (Wildman–Crippen MR) is 132 cm³/mol. The van der Waals surface area contributed by atoms with Gasteiger partial charge in [0.25, 0.3) is 0 Å². The largest absolute Gasteiger partial charge is 0.505 e. The molecular weight excluding hydrogens is 410 g/mol. The van der Waals surface area contributed by atoms with Crippen LogP contribution in [0.3, 0.4) is 0 Å². The van der Waals surface area contributed by atoms with E-state index in [1.165, 1.54) is 17.2 Å². The van der Waals surface area contributed by atoms with Crippen molar-refractivity contribution in [2.75, 3.05) is 6.54 Å². The average Bonchev–Trinajstić information content (AvgIpc) is 2.80. The lowest BCUT2D eigenvalue weighted by Crippen LogP contribution is -2.50. The van der Waals surface area contributed by atoms with Gasteiger partial charge in [0.15, 0.2) is 0 Å². The molecule has 1 aromatic rings. The second kappa shape index (κ2) is 8.96. The van der Waals surface area contributed by atoms with Crippen molar-refractivity contribution in [3.63, 3.8) is 0 Å². The summed E-state index contributed by atoms with van der Waals surface area (Å²) in [7, 11) is 0. The predicted octanol–water partition coefficient (Wildman–Crippen LogP) is 5.86. The Morgan fingerprint density at radius 2 is 1.85 bits per heavy atom. The van der Waals surface area contributed by atoms with Crippen LogP contribution in [0.5, 0.6) is 0 Å². The Kier molecular flexibility index (Phi) is 6.39. The fraction of sp³-hybridized carbons (Fsp3) is 0.517. The fourth-order valence-corrected chi connectivity index (χ4v) is 6.56. The van der Waals surface area contributed by atoms with Gasteiger partial charge in [0.1, 0.15) is 5.76 Å². The SMILES string of the molecule is CC1=CCCC2C1(C)CCC(C)C2(C)CC1=C(O)C(NCCc2ccccc2)=CC(=O)C1=O. The molecule has 2 N–H and O–H groups in total. The van der Waals surface area contributed by atoms with Gasteiger partial charge in [0.2, 0.25) is 11.6 Å². The summed E-state index contributed by atoms with van der Waals surface area (Å²) in [4.78, 5) is 25.6. The second-order valence-electron chi connectivity index (χ2n) is 10.8. The van der Waals surface area contributed by atoms with Crippen molar-refractivity contribution >= 4 is 11.6 Å². The van der Waals surface area contributed by atoms with Gasteiger partial charge in [-0.1, -0.05) is 62.8 Å². The number of rotatable bonds is 6. The number of Topliss-reactive ketones (excluding diaryl/α,β-unsaturated/α-hetero) is 1. The summed E-state index contributed by atoms with van der Waals surface area (Å²) in [6.45, 7) is 9.73. The Hall–Kier alpha value is -2.62. The van der Waals surface area contributed by atoms with Crippen LogP contribution in [0.4, 0.5) is 0 Å². The first-order valence-electron chi connectivity index (χ1n) is 12.3. The lowest BCUT2D eigenvalue weighted by Gasteiger charge is -2.58. The number of carbonyl (C=O) groups is 2. The highest BCUT2D eigenvalue weighted by Gasteiger charge is 2.54. The molecule has 0 aromatic heterocycles. The van der Waals surface area contributed by atoms with Gasteiger partial charge in [-0.2, -0.15) is 0 Å². The smallest absolute Gasteiger partial charge is 0.232 e. The molecule has 0 spiro atoms. The Balaban J connectivity index is 1.59. The molecule has 0 heterocycles. The van der Waals surface area contributed by atoms with Crippen LogP contribution in [0.15, 0.2) is 65.1 Å². The summed E-state index contributed by atoms with van der Waals surface area (Å²) >= 11 is 0. The highest BCUT2D eigenvalue weighted by atomic mass is 16.3. The first-order valence-corrected chi connectivity index (χ1v) is 12.3. The van der Waals surface area contributed by atoms with Gasteiger partial charge in [-0.3, -0.25) is 9.59 Å².